The van der Waals surface area contributed by atoms with Gasteiger partial charge in [0, 0.05) is 49.1 Å². The third-order valence-electron chi connectivity index (χ3n) is 6.36. The summed E-state index contributed by atoms with van der Waals surface area (Å²) in [5.41, 5.74) is 2.05. The molecule has 1 aliphatic carbocycles. The first-order valence-corrected chi connectivity index (χ1v) is 11.4. The second kappa shape index (κ2) is 9.83. The molecule has 2 fully saturated rings. The Bertz CT molecular complexity index is 1060. The molecule has 4 rings (SSSR count). The van der Waals surface area contributed by atoms with E-state index in [0.717, 1.165) is 18.5 Å². The highest BCUT2D eigenvalue weighted by Gasteiger charge is 2.42. The van der Waals surface area contributed by atoms with Crippen molar-refractivity contribution in [2.75, 3.05) is 30.8 Å². The Morgan fingerprint density at radius 2 is 1.82 bits per heavy atom. The maximum absolute atomic E-state index is 13.2. The molecular weight excluding hydrogens is 445 g/mol. The van der Waals surface area contributed by atoms with E-state index in [4.69, 9.17) is 16.3 Å². The Morgan fingerprint density at radius 1 is 1.15 bits per heavy atom. The first kappa shape index (κ1) is 23.1. The third-order valence-corrected chi connectivity index (χ3v) is 6.66. The number of fused-ring (bicyclic) bond motifs is 2. The minimum atomic E-state index is -0.254. The lowest BCUT2D eigenvalue weighted by atomic mass is 9.91. The van der Waals surface area contributed by atoms with Crippen molar-refractivity contribution in [3.05, 3.63) is 58.9 Å². The van der Waals surface area contributed by atoms with Crippen LogP contribution in [-0.4, -0.2) is 43.0 Å². The molecule has 3 atom stereocenters. The molecule has 0 radical (unpaired) electrons. The van der Waals surface area contributed by atoms with Crippen molar-refractivity contribution in [2.24, 2.45) is 11.8 Å². The predicted octanol–water partition coefficient (Wildman–Crippen LogP) is 4.81. The number of anilines is 2. The predicted molar refractivity (Wildman–Crippen MR) is 128 cm³/mol. The number of carbonyl (C=O) groups is 2. The van der Waals surface area contributed by atoms with Crippen molar-refractivity contribution >= 4 is 40.9 Å². The van der Waals surface area contributed by atoms with Gasteiger partial charge in [0.05, 0.1) is 12.1 Å². The molecule has 2 aromatic carbocycles. The van der Waals surface area contributed by atoms with Gasteiger partial charge in [0.25, 0.3) is 0 Å². The monoisotopic (exact) mass is 471 g/mol. The molecule has 1 saturated carbocycles. The first-order valence-electron chi connectivity index (χ1n) is 11.0. The van der Waals surface area contributed by atoms with Gasteiger partial charge in [0.2, 0.25) is 11.8 Å². The number of hydrogen-bond acceptors (Lipinski definition) is 4. The molecule has 1 aliphatic heterocycles. The molecule has 6 nitrogen and oxygen atoms in total. The summed E-state index contributed by atoms with van der Waals surface area (Å²) in [6.07, 6.45) is 5.31. The molecule has 2 amide bonds. The number of hydrogen-bond donors (Lipinski definition) is 2. The van der Waals surface area contributed by atoms with E-state index in [1.165, 1.54) is 32.2 Å². The van der Waals surface area contributed by atoms with Gasteiger partial charge in [0.15, 0.2) is 0 Å². The number of piperidine rings is 1. The average molecular weight is 472 g/mol. The van der Waals surface area contributed by atoms with Crippen LogP contribution in [0.5, 0.6) is 5.75 Å². The number of rotatable bonds is 6. The summed E-state index contributed by atoms with van der Waals surface area (Å²) in [7, 11) is 1.51. The lowest BCUT2D eigenvalue weighted by molar-refractivity contribution is -0.128. The molecule has 2 N–H and O–H groups in total. The van der Waals surface area contributed by atoms with Crippen molar-refractivity contribution in [3.8, 4) is 5.75 Å². The van der Waals surface area contributed by atoms with E-state index in [1.807, 2.05) is 4.90 Å². The van der Waals surface area contributed by atoms with Crippen molar-refractivity contribution < 1.29 is 18.7 Å². The van der Waals surface area contributed by atoms with E-state index in [9.17, 15) is 14.0 Å². The zero-order valence-corrected chi connectivity index (χ0v) is 19.4. The van der Waals surface area contributed by atoms with Crippen LogP contribution in [0.15, 0.2) is 42.5 Å². The molecule has 2 aromatic rings. The molecule has 174 valence electrons. The Labute approximate surface area is 197 Å². The summed E-state index contributed by atoms with van der Waals surface area (Å²) in [5, 5.41) is 6.65. The van der Waals surface area contributed by atoms with E-state index in [2.05, 4.69) is 10.6 Å². The number of nitrogens with zero attached hydrogens (tertiary/aromatic N) is 1. The Balaban J connectivity index is 1.45. The van der Waals surface area contributed by atoms with Gasteiger partial charge in [-0.15, -0.1) is 0 Å². The van der Waals surface area contributed by atoms with E-state index in [-0.39, 0.29) is 23.7 Å². The smallest absolute Gasteiger partial charge is 0.246 e. The van der Waals surface area contributed by atoms with Crippen molar-refractivity contribution in [1.29, 1.82) is 0 Å². The summed E-state index contributed by atoms with van der Waals surface area (Å²) >= 11 is 6.19. The number of carbonyl (C=O) groups excluding carboxylic acids is 2. The van der Waals surface area contributed by atoms with Crippen molar-refractivity contribution in [2.45, 2.75) is 25.8 Å². The largest absolute Gasteiger partial charge is 0.495 e. The Kier molecular flexibility index (Phi) is 6.88. The number of amides is 2. The molecule has 1 heterocycles. The van der Waals surface area contributed by atoms with Gasteiger partial charge in [-0.1, -0.05) is 11.6 Å². The van der Waals surface area contributed by atoms with E-state index >= 15 is 0 Å². The van der Waals surface area contributed by atoms with E-state index < -0.39 is 0 Å². The zero-order chi connectivity index (χ0) is 23.5. The highest BCUT2D eigenvalue weighted by Crippen LogP contribution is 2.39. The van der Waals surface area contributed by atoms with Crippen LogP contribution in [0, 0.1) is 17.7 Å². The normalized spacial score (nSPS) is 21.8. The number of methoxy groups -OCH3 is 1. The summed E-state index contributed by atoms with van der Waals surface area (Å²) < 4.78 is 18.5. The van der Waals surface area contributed by atoms with Crippen molar-refractivity contribution in [3.63, 3.8) is 0 Å². The molecule has 0 spiro atoms. The highest BCUT2D eigenvalue weighted by atomic mass is 35.5. The van der Waals surface area contributed by atoms with Crippen LogP contribution in [0.2, 0.25) is 5.02 Å². The van der Waals surface area contributed by atoms with Gasteiger partial charge in [0.1, 0.15) is 11.6 Å². The zero-order valence-electron chi connectivity index (χ0n) is 18.6. The summed E-state index contributed by atoms with van der Waals surface area (Å²) in [4.78, 5) is 26.4. The van der Waals surface area contributed by atoms with Crippen LogP contribution in [-0.2, 0) is 9.59 Å². The van der Waals surface area contributed by atoms with Crippen LogP contribution >= 0.6 is 11.6 Å². The second-order valence-corrected chi connectivity index (χ2v) is 9.01. The minimum Gasteiger partial charge on any atom is -0.495 e. The SMILES string of the molecule is COc1cc(C=CC(=O)N2C[C@H]3CC[C@@H](C2)[C@H]3Nc2ccc(F)cc2)c(NC(C)=O)cc1Cl. The van der Waals surface area contributed by atoms with Gasteiger partial charge in [-0.05, 0) is 67.2 Å². The van der Waals surface area contributed by atoms with Crippen LogP contribution in [0.1, 0.15) is 25.3 Å². The number of ether oxygens (including phenoxy) is 1. The number of likely N-dealkylation sites (tertiary alicyclic amines) is 1. The maximum Gasteiger partial charge on any atom is 0.246 e. The van der Waals surface area contributed by atoms with Gasteiger partial charge < -0.3 is 20.3 Å². The van der Waals surface area contributed by atoms with Crippen LogP contribution in [0.3, 0.4) is 0 Å². The lowest BCUT2D eigenvalue weighted by Gasteiger charge is -2.38. The topological polar surface area (TPSA) is 70.7 Å². The Morgan fingerprint density at radius 3 is 2.42 bits per heavy atom. The fourth-order valence-corrected chi connectivity index (χ4v) is 5.05. The van der Waals surface area contributed by atoms with Gasteiger partial charge >= 0.3 is 0 Å². The van der Waals surface area contributed by atoms with Crippen LogP contribution < -0.4 is 15.4 Å². The number of nitrogens with one attached hydrogen (secondary N) is 2. The van der Waals surface area contributed by atoms with Crippen LogP contribution in [0.4, 0.5) is 15.8 Å². The lowest BCUT2D eigenvalue weighted by Crippen LogP contribution is -2.49. The molecule has 2 bridgehead atoms. The number of halogens is 2. The summed E-state index contributed by atoms with van der Waals surface area (Å²) in [5.74, 6) is 0.590. The molecule has 8 heteroatoms. The molecule has 0 aromatic heterocycles. The van der Waals surface area contributed by atoms with Gasteiger partial charge in [-0.25, -0.2) is 4.39 Å². The van der Waals surface area contributed by atoms with Gasteiger partial charge in [-0.2, -0.15) is 0 Å². The second-order valence-electron chi connectivity index (χ2n) is 8.61. The fourth-order valence-electron chi connectivity index (χ4n) is 4.80. The van der Waals surface area contributed by atoms with E-state index in [1.54, 1.807) is 30.3 Å². The van der Waals surface area contributed by atoms with E-state index in [0.29, 0.717) is 46.9 Å². The molecule has 2 aliphatic rings. The highest BCUT2D eigenvalue weighted by molar-refractivity contribution is 6.32. The third kappa shape index (κ3) is 5.30. The van der Waals surface area contributed by atoms with Gasteiger partial charge in [-0.3, -0.25) is 9.59 Å². The quantitative estimate of drug-likeness (QED) is 0.593. The summed E-state index contributed by atoms with van der Waals surface area (Å²) in [6, 6.07) is 9.99. The fraction of sp³-hybridized carbons (Fsp3) is 0.360. The molecule has 1 saturated heterocycles. The minimum absolute atomic E-state index is 0.0742. The van der Waals surface area contributed by atoms with Crippen LogP contribution in [0.25, 0.3) is 6.08 Å². The summed E-state index contributed by atoms with van der Waals surface area (Å²) in [6.45, 7) is 2.75. The average Bonchev–Trinajstić information content (AvgIpc) is 3.00. The molecule has 33 heavy (non-hydrogen) atoms. The molecule has 0 unspecified atom stereocenters. The number of benzene rings is 2. The first-order chi connectivity index (χ1) is 15.8. The standard InChI is InChI=1S/C25H27ClFN3O3/c1-15(31)28-22-12-21(26)23(33-2)11-16(22)5-10-24(32)30-13-17-3-4-18(14-30)25(17)29-20-8-6-19(27)7-9-20/h5-12,17-18,25,29H,3-4,13-14H2,1-2H3,(H,28,31)/t17-,18+,25+. The molecular formula is C25H27ClFN3O3. The maximum atomic E-state index is 13.2. The van der Waals surface area contributed by atoms with Crippen molar-refractivity contribution in [1.82, 2.24) is 4.90 Å². The Hall–Kier alpha value is -3.06.